The molecule has 2 aromatic rings. The average molecular weight is 421 g/mol. The van der Waals surface area contributed by atoms with Gasteiger partial charge in [0.25, 0.3) is 5.91 Å². The van der Waals surface area contributed by atoms with Crippen molar-refractivity contribution in [1.29, 1.82) is 0 Å². The van der Waals surface area contributed by atoms with Gasteiger partial charge in [0.15, 0.2) is 0 Å². The van der Waals surface area contributed by atoms with E-state index in [0.29, 0.717) is 18.7 Å². The molecule has 0 atom stereocenters. The van der Waals surface area contributed by atoms with Gasteiger partial charge in [-0.2, -0.15) is 8.78 Å². The highest BCUT2D eigenvalue weighted by Gasteiger charge is 2.28. The maximum atomic E-state index is 12.6. The second kappa shape index (κ2) is 9.28. The van der Waals surface area contributed by atoms with E-state index in [-0.39, 0.29) is 5.91 Å². The minimum Gasteiger partial charge on any atom is -0.329 e. The molecule has 5 nitrogen and oxygen atoms in total. The lowest BCUT2D eigenvalue weighted by Crippen LogP contribution is -3.14. The van der Waals surface area contributed by atoms with E-state index in [1.54, 1.807) is 4.90 Å². The fraction of sp³-hybridized carbons (Fsp3) is 0.286. The van der Waals surface area contributed by atoms with Crippen LogP contribution in [0.25, 0.3) is 6.08 Å². The quantitative estimate of drug-likeness (QED) is 0.773. The first kappa shape index (κ1) is 21.1. The van der Waals surface area contributed by atoms with Crippen molar-refractivity contribution in [2.45, 2.75) is 10.7 Å². The van der Waals surface area contributed by atoms with E-state index >= 15 is 0 Å². The molecule has 1 aliphatic rings. The molecule has 0 unspecified atom stereocenters. The molecule has 2 aromatic carbocycles. The number of nitrogens with one attached hydrogen (secondary N) is 1. The van der Waals surface area contributed by atoms with E-state index in [1.807, 2.05) is 30.3 Å². The van der Waals surface area contributed by atoms with E-state index in [2.05, 4.69) is 12.2 Å². The molecule has 154 valence electrons. The molecule has 0 bridgehead atoms. The van der Waals surface area contributed by atoms with Gasteiger partial charge in [-0.1, -0.05) is 36.4 Å². The number of quaternary nitrogens is 1. The summed E-state index contributed by atoms with van der Waals surface area (Å²) >= 11 is 0. The number of halogens is 2. The van der Waals surface area contributed by atoms with Crippen LogP contribution in [0.3, 0.4) is 0 Å². The first-order chi connectivity index (χ1) is 13.9. The number of benzene rings is 2. The van der Waals surface area contributed by atoms with Gasteiger partial charge < -0.3 is 9.80 Å². The second-order valence-electron chi connectivity index (χ2n) is 6.89. The van der Waals surface area contributed by atoms with Gasteiger partial charge >= 0.3 is 5.76 Å². The van der Waals surface area contributed by atoms with Crippen molar-refractivity contribution in [2.75, 3.05) is 32.7 Å². The highest BCUT2D eigenvalue weighted by atomic mass is 32.2. The Hall–Kier alpha value is -2.58. The number of alkyl halides is 2. The number of piperazine rings is 1. The molecule has 8 heteroatoms. The molecule has 1 heterocycles. The largest absolute Gasteiger partial charge is 0.341 e. The molecule has 1 amide bonds. The maximum absolute atomic E-state index is 12.6. The van der Waals surface area contributed by atoms with Crippen LogP contribution >= 0.6 is 0 Å². The number of nitrogens with zero attached hydrogens (tertiary/aromatic N) is 1. The Morgan fingerprint density at radius 3 is 2.24 bits per heavy atom. The Labute approximate surface area is 169 Å². The summed E-state index contributed by atoms with van der Waals surface area (Å²) in [6.45, 7) is 3.66. The summed E-state index contributed by atoms with van der Waals surface area (Å²) in [5.74, 6) is -3.69. The molecule has 3 rings (SSSR count). The van der Waals surface area contributed by atoms with Crippen molar-refractivity contribution >= 4 is 21.8 Å². The van der Waals surface area contributed by atoms with Gasteiger partial charge in [0.05, 0.1) is 37.6 Å². The third kappa shape index (κ3) is 5.27. The molecule has 1 aliphatic heterocycles. The number of hydrogen-bond acceptors (Lipinski definition) is 3. The predicted octanol–water partition coefficient (Wildman–Crippen LogP) is 1.74. The number of sulfone groups is 1. The molecular formula is C21H23F2N2O3S+. The van der Waals surface area contributed by atoms with Gasteiger partial charge in [0, 0.05) is 5.56 Å². The van der Waals surface area contributed by atoms with Crippen LogP contribution < -0.4 is 4.90 Å². The SMILES string of the molecule is O=C(c1ccc(S(=O)(=O)C(F)F)cc1)N1CC[NH+](C/C=C/c2ccccc2)CC1. The number of carbonyl (C=O) groups is 1. The zero-order valence-electron chi connectivity index (χ0n) is 15.8. The Balaban J connectivity index is 1.53. The topological polar surface area (TPSA) is 58.9 Å². The summed E-state index contributed by atoms with van der Waals surface area (Å²) in [6.07, 6.45) is 4.21. The monoisotopic (exact) mass is 421 g/mol. The molecule has 0 aliphatic carbocycles. The fourth-order valence-corrected chi connectivity index (χ4v) is 3.95. The number of carbonyl (C=O) groups excluding carboxylic acids is 1. The Bertz CT molecular complexity index is 953. The van der Waals surface area contributed by atoms with Gasteiger partial charge in [-0.05, 0) is 35.9 Å². The second-order valence-corrected chi connectivity index (χ2v) is 8.81. The number of amides is 1. The summed E-state index contributed by atoms with van der Waals surface area (Å²) in [5.41, 5.74) is 1.45. The van der Waals surface area contributed by atoms with E-state index in [0.717, 1.165) is 37.3 Å². The van der Waals surface area contributed by atoms with E-state index in [4.69, 9.17) is 0 Å². The van der Waals surface area contributed by atoms with Gasteiger partial charge in [0.2, 0.25) is 9.84 Å². The summed E-state index contributed by atoms with van der Waals surface area (Å²) in [7, 11) is -4.65. The van der Waals surface area contributed by atoms with Crippen molar-refractivity contribution in [3.8, 4) is 0 Å². The average Bonchev–Trinajstić information content (AvgIpc) is 2.74. The van der Waals surface area contributed by atoms with Gasteiger partial charge in [-0.15, -0.1) is 0 Å². The van der Waals surface area contributed by atoms with E-state index < -0.39 is 20.5 Å². The van der Waals surface area contributed by atoms with Gasteiger partial charge in [-0.25, -0.2) is 8.42 Å². The van der Waals surface area contributed by atoms with Gasteiger partial charge in [0.1, 0.15) is 0 Å². The summed E-state index contributed by atoms with van der Waals surface area (Å²) in [5, 5.41) is 0. The van der Waals surface area contributed by atoms with E-state index in [1.165, 1.54) is 17.0 Å². The van der Waals surface area contributed by atoms with Crippen LogP contribution in [0.1, 0.15) is 15.9 Å². The fourth-order valence-electron chi connectivity index (χ4n) is 3.23. The Kier molecular flexibility index (Phi) is 6.76. The highest BCUT2D eigenvalue weighted by Crippen LogP contribution is 2.19. The van der Waals surface area contributed by atoms with Crippen molar-refractivity contribution in [2.24, 2.45) is 0 Å². The number of hydrogen-bond donors (Lipinski definition) is 1. The molecule has 29 heavy (non-hydrogen) atoms. The third-order valence-corrected chi connectivity index (χ3v) is 6.34. The van der Waals surface area contributed by atoms with E-state index in [9.17, 15) is 22.0 Å². The summed E-state index contributed by atoms with van der Waals surface area (Å²) in [6, 6.07) is 14.7. The van der Waals surface area contributed by atoms with Crippen molar-refractivity contribution in [3.05, 3.63) is 71.8 Å². The molecule has 0 radical (unpaired) electrons. The maximum Gasteiger partial charge on any atom is 0.341 e. The van der Waals surface area contributed by atoms with Crippen LogP contribution in [0.4, 0.5) is 8.78 Å². The standard InChI is InChI=1S/C21H22F2N2O3S/c22-21(23)29(27,28)19-10-8-18(9-11-19)20(26)25-15-13-24(14-16-25)12-4-7-17-5-2-1-3-6-17/h1-11,21H,12-16H2/p+1/b7-4+. The van der Waals surface area contributed by atoms with Crippen molar-refractivity contribution in [1.82, 2.24) is 4.90 Å². The minimum absolute atomic E-state index is 0.218. The molecule has 0 aromatic heterocycles. The normalized spacial score (nSPS) is 15.9. The summed E-state index contributed by atoms with van der Waals surface area (Å²) in [4.78, 5) is 15.2. The molecule has 0 spiro atoms. The lowest BCUT2D eigenvalue weighted by atomic mass is 10.2. The molecule has 1 N–H and O–H groups in total. The van der Waals surface area contributed by atoms with Gasteiger partial charge in [-0.3, -0.25) is 4.79 Å². The lowest BCUT2D eigenvalue weighted by Gasteiger charge is -2.31. The van der Waals surface area contributed by atoms with Crippen LogP contribution in [0.5, 0.6) is 0 Å². The van der Waals surface area contributed by atoms with Crippen LogP contribution in [-0.4, -0.2) is 57.7 Å². The first-order valence-corrected chi connectivity index (χ1v) is 10.9. The van der Waals surface area contributed by atoms with Crippen LogP contribution in [0.15, 0.2) is 65.6 Å². The summed E-state index contributed by atoms with van der Waals surface area (Å²) < 4.78 is 48.1. The smallest absolute Gasteiger partial charge is 0.329 e. The zero-order chi connectivity index (χ0) is 20.9. The molecule has 0 saturated carbocycles. The third-order valence-electron chi connectivity index (χ3n) is 4.94. The lowest BCUT2D eigenvalue weighted by molar-refractivity contribution is -0.898. The minimum atomic E-state index is -4.65. The molecular weight excluding hydrogens is 398 g/mol. The number of rotatable bonds is 6. The first-order valence-electron chi connectivity index (χ1n) is 9.34. The zero-order valence-corrected chi connectivity index (χ0v) is 16.6. The van der Waals surface area contributed by atoms with Crippen LogP contribution in [0.2, 0.25) is 0 Å². The predicted molar refractivity (Wildman–Crippen MR) is 107 cm³/mol. The Morgan fingerprint density at radius 1 is 1.03 bits per heavy atom. The van der Waals surface area contributed by atoms with Crippen LogP contribution in [0, 0.1) is 0 Å². The molecule has 1 saturated heterocycles. The Morgan fingerprint density at radius 2 is 1.66 bits per heavy atom. The van der Waals surface area contributed by atoms with Crippen molar-refractivity contribution in [3.63, 3.8) is 0 Å². The van der Waals surface area contributed by atoms with Crippen LogP contribution in [-0.2, 0) is 9.84 Å². The molecule has 1 fully saturated rings. The van der Waals surface area contributed by atoms with Crippen molar-refractivity contribution < 1.29 is 26.9 Å². The highest BCUT2D eigenvalue weighted by molar-refractivity contribution is 7.91.